The van der Waals surface area contributed by atoms with E-state index in [2.05, 4.69) is 10.5 Å². The first-order valence-corrected chi connectivity index (χ1v) is 1.67. The summed E-state index contributed by atoms with van der Waals surface area (Å²) in [7, 11) is 0. The molecule has 0 saturated carbocycles. The monoisotopic (exact) mass is 99.0 g/mol. The summed E-state index contributed by atoms with van der Waals surface area (Å²) in [5.74, 6) is -0.706. The Balaban J connectivity index is 4.10. The van der Waals surface area contributed by atoms with Crippen molar-refractivity contribution in [3.63, 3.8) is 0 Å². The van der Waals surface area contributed by atoms with Gasteiger partial charge in [-0.05, 0) is 0 Å². The van der Waals surface area contributed by atoms with Crippen molar-refractivity contribution in [1.29, 1.82) is 0 Å². The molecular formula is C3H5N3O. The minimum atomic E-state index is -0.706. The number of primary amides is 1. The van der Waals surface area contributed by atoms with Crippen molar-refractivity contribution in [2.75, 3.05) is 0 Å². The Hall–Kier alpha value is -1.15. The molecule has 0 rings (SSSR count). The zero-order valence-electron chi connectivity index (χ0n) is 3.88. The van der Waals surface area contributed by atoms with Crippen LogP contribution in [0.5, 0.6) is 0 Å². The highest BCUT2D eigenvalue weighted by molar-refractivity contribution is 6.34. The van der Waals surface area contributed by atoms with Gasteiger partial charge >= 0.3 is 11.6 Å². The molecule has 7 heavy (non-hydrogen) atoms. The van der Waals surface area contributed by atoms with Gasteiger partial charge in [0.05, 0.1) is 0 Å². The second kappa shape index (κ2) is 2.10. The standard InChI is InChI=1S/C3H5N3O/c1-2(6-5)3(4)7/h1H3,(H2,4,7). The molecule has 0 aromatic heterocycles. The fourth-order valence-corrected chi connectivity index (χ4v) is 0.0493. The summed E-state index contributed by atoms with van der Waals surface area (Å²) >= 11 is 0. The largest absolute Gasteiger partial charge is 0.361 e. The van der Waals surface area contributed by atoms with E-state index < -0.39 is 5.91 Å². The Morgan fingerprint density at radius 1 is 1.86 bits per heavy atom. The zero-order chi connectivity index (χ0) is 5.86. The number of amides is 1. The van der Waals surface area contributed by atoms with Gasteiger partial charge in [-0.3, -0.25) is 4.79 Å². The van der Waals surface area contributed by atoms with Gasteiger partial charge in [0.1, 0.15) is 0 Å². The lowest BCUT2D eigenvalue weighted by atomic mass is 10.4. The molecule has 38 valence electrons. The molecule has 0 atom stereocenters. The Labute approximate surface area is 40.6 Å². The first-order valence-electron chi connectivity index (χ1n) is 1.67. The maximum atomic E-state index is 9.86. The summed E-state index contributed by atoms with van der Waals surface area (Å²) in [6.45, 7) is 1.32. The van der Waals surface area contributed by atoms with E-state index in [-0.39, 0.29) is 5.71 Å². The molecule has 0 aromatic rings. The summed E-state index contributed by atoms with van der Waals surface area (Å²) in [4.78, 5) is 12.4. The molecule has 1 amide bonds. The van der Waals surface area contributed by atoms with Crippen LogP contribution in [0.3, 0.4) is 0 Å². The summed E-state index contributed by atoms with van der Waals surface area (Å²) in [6.07, 6.45) is 0. The molecular weight excluding hydrogens is 94.1 g/mol. The van der Waals surface area contributed by atoms with Crippen molar-refractivity contribution in [3.8, 4) is 0 Å². The zero-order valence-corrected chi connectivity index (χ0v) is 3.88. The van der Waals surface area contributed by atoms with Crippen molar-refractivity contribution >= 4 is 11.6 Å². The summed E-state index contributed by atoms with van der Waals surface area (Å²) in [5.41, 5.74) is 12.3. The highest BCUT2D eigenvalue weighted by atomic mass is 16.1. The predicted octanol–water partition coefficient (Wildman–Crippen LogP) is -0.838. The van der Waals surface area contributed by atoms with Crippen molar-refractivity contribution in [1.82, 2.24) is 0 Å². The van der Waals surface area contributed by atoms with E-state index in [4.69, 9.17) is 5.53 Å². The van der Waals surface area contributed by atoms with Gasteiger partial charge in [0.15, 0.2) is 0 Å². The fraction of sp³-hybridized carbons (Fsp3) is 0.333. The number of hydrogen-bond acceptors (Lipinski definition) is 1. The van der Waals surface area contributed by atoms with Crippen LogP contribution >= 0.6 is 0 Å². The molecule has 4 nitrogen and oxygen atoms in total. The van der Waals surface area contributed by atoms with E-state index >= 15 is 0 Å². The molecule has 0 aromatic carbocycles. The molecule has 0 spiro atoms. The van der Waals surface area contributed by atoms with Crippen LogP contribution in [0.15, 0.2) is 0 Å². The van der Waals surface area contributed by atoms with E-state index in [9.17, 15) is 4.79 Å². The topological polar surface area (TPSA) is 79.5 Å². The molecule has 0 saturated heterocycles. The van der Waals surface area contributed by atoms with Crippen molar-refractivity contribution < 1.29 is 9.58 Å². The van der Waals surface area contributed by atoms with Crippen LogP contribution < -0.4 is 5.73 Å². The van der Waals surface area contributed by atoms with Gasteiger partial charge in [0.25, 0.3) is 0 Å². The van der Waals surface area contributed by atoms with Crippen LogP contribution in [0.1, 0.15) is 6.92 Å². The third-order valence-corrected chi connectivity index (χ3v) is 0.507. The van der Waals surface area contributed by atoms with Crippen LogP contribution in [0, 0.1) is 0 Å². The molecule has 0 heterocycles. The quantitative estimate of drug-likeness (QED) is 0.259. The Morgan fingerprint density at radius 2 is 2.29 bits per heavy atom. The lowest BCUT2D eigenvalue weighted by Crippen LogP contribution is -2.20. The van der Waals surface area contributed by atoms with E-state index in [1.807, 2.05) is 0 Å². The summed E-state index contributed by atoms with van der Waals surface area (Å²) in [5, 5.41) is 0. The molecule has 0 radical (unpaired) electrons. The van der Waals surface area contributed by atoms with Crippen LogP contribution in [0.2, 0.25) is 0 Å². The predicted molar refractivity (Wildman–Crippen MR) is 23.5 cm³/mol. The third-order valence-electron chi connectivity index (χ3n) is 0.507. The number of hydrogen-bond donors (Lipinski definition) is 1. The average Bonchev–Trinajstić information content (AvgIpc) is 1.65. The SMILES string of the molecule is CC(=[N+]=[N-])C(N)=O. The summed E-state index contributed by atoms with van der Waals surface area (Å²) < 4.78 is 0. The minimum absolute atomic E-state index is 0.0833. The van der Waals surface area contributed by atoms with Gasteiger partial charge < -0.3 is 11.3 Å². The fourth-order valence-electron chi connectivity index (χ4n) is 0.0493. The van der Waals surface area contributed by atoms with E-state index in [0.29, 0.717) is 0 Å². The second-order valence-electron chi connectivity index (χ2n) is 1.05. The smallest absolute Gasteiger partial charge is 0.352 e. The van der Waals surface area contributed by atoms with Crippen LogP contribution in [-0.4, -0.2) is 16.4 Å². The van der Waals surface area contributed by atoms with Crippen molar-refractivity contribution in [2.45, 2.75) is 6.92 Å². The van der Waals surface area contributed by atoms with Gasteiger partial charge in [-0.1, -0.05) is 0 Å². The van der Waals surface area contributed by atoms with Crippen LogP contribution in [0.4, 0.5) is 0 Å². The lowest BCUT2D eigenvalue weighted by Gasteiger charge is -1.71. The Kier molecular flexibility index (Phi) is 1.76. The van der Waals surface area contributed by atoms with E-state index in [1.165, 1.54) is 6.92 Å². The van der Waals surface area contributed by atoms with Gasteiger partial charge in [0.2, 0.25) is 0 Å². The molecule has 2 N–H and O–H groups in total. The Bertz CT molecular complexity index is 133. The molecule has 0 unspecified atom stereocenters. The number of nitrogens with two attached hydrogens (primary N) is 1. The molecule has 4 heteroatoms. The molecule has 0 aliphatic carbocycles. The minimum Gasteiger partial charge on any atom is -0.361 e. The van der Waals surface area contributed by atoms with Gasteiger partial charge in [-0.15, -0.1) is 0 Å². The molecule has 0 fully saturated rings. The number of carbonyl (C=O) groups excluding carboxylic acids is 1. The first-order chi connectivity index (χ1) is 3.18. The van der Waals surface area contributed by atoms with Crippen molar-refractivity contribution in [3.05, 3.63) is 5.53 Å². The van der Waals surface area contributed by atoms with Gasteiger partial charge in [-0.2, -0.15) is 4.79 Å². The molecule has 0 bridgehead atoms. The highest BCUT2D eigenvalue weighted by Crippen LogP contribution is 1.59. The van der Waals surface area contributed by atoms with Crippen LogP contribution in [-0.2, 0) is 4.79 Å². The Morgan fingerprint density at radius 3 is 2.29 bits per heavy atom. The second-order valence-corrected chi connectivity index (χ2v) is 1.05. The van der Waals surface area contributed by atoms with Crippen LogP contribution in [0.25, 0.3) is 5.53 Å². The first kappa shape index (κ1) is 5.85. The lowest BCUT2D eigenvalue weighted by molar-refractivity contribution is -0.116. The maximum absolute atomic E-state index is 9.86. The van der Waals surface area contributed by atoms with E-state index in [1.54, 1.807) is 0 Å². The van der Waals surface area contributed by atoms with Gasteiger partial charge in [-0.25, -0.2) is 0 Å². The highest BCUT2D eigenvalue weighted by Gasteiger charge is 2.04. The third kappa shape index (κ3) is 1.67. The normalized spacial score (nSPS) is 7.00. The number of carbonyl (C=O) groups is 1. The summed E-state index contributed by atoms with van der Waals surface area (Å²) in [6, 6.07) is 0. The average molecular weight is 99.1 g/mol. The number of nitrogens with zero attached hydrogens (tertiary/aromatic N) is 2. The van der Waals surface area contributed by atoms with Crippen molar-refractivity contribution in [2.24, 2.45) is 5.73 Å². The molecule has 0 aliphatic heterocycles. The molecule has 0 aliphatic rings. The van der Waals surface area contributed by atoms with Gasteiger partial charge in [0, 0.05) is 6.92 Å². The maximum Gasteiger partial charge on any atom is 0.352 e. The number of rotatable bonds is 1. The van der Waals surface area contributed by atoms with E-state index in [0.717, 1.165) is 0 Å².